The maximum atomic E-state index is 5.29. The van der Waals surface area contributed by atoms with Gasteiger partial charge in [-0.2, -0.15) is 0 Å². The van der Waals surface area contributed by atoms with E-state index in [1.54, 1.807) is 7.11 Å². The second-order valence-electron chi connectivity index (χ2n) is 4.76. The standard InChI is InChI=1S/C16H21NO/c1-13-7-3-4-8-14(13)11-12-15-9-5-6-10-16(17-15)18-2/h3-4,7-8,11-12,15H,5-6,9-10H2,1-2H3/b12-11+. The summed E-state index contributed by atoms with van der Waals surface area (Å²) >= 11 is 0. The lowest BCUT2D eigenvalue weighted by Crippen LogP contribution is -2.04. The lowest BCUT2D eigenvalue weighted by Gasteiger charge is -2.06. The lowest BCUT2D eigenvalue weighted by atomic mass is 10.1. The number of nitrogens with zero attached hydrogens (tertiary/aromatic N) is 1. The number of ether oxygens (including phenoxy) is 1. The highest BCUT2D eigenvalue weighted by Gasteiger charge is 2.10. The molecule has 1 aliphatic rings. The van der Waals surface area contributed by atoms with Crippen molar-refractivity contribution in [1.29, 1.82) is 0 Å². The Morgan fingerprint density at radius 1 is 1.28 bits per heavy atom. The summed E-state index contributed by atoms with van der Waals surface area (Å²) in [7, 11) is 1.71. The van der Waals surface area contributed by atoms with Gasteiger partial charge in [0.05, 0.1) is 13.2 Å². The van der Waals surface area contributed by atoms with E-state index in [9.17, 15) is 0 Å². The molecule has 1 heterocycles. The summed E-state index contributed by atoms with van der Waals surface area (Å²) in [5, 5.41) is 0. The maximum absolute atomic E-state index is 5.29. The Bertz CT molecular complexity index is 448. The minimum Gasteiger partial charge on any atom is -0.484 e. The van der Waals surface area contributed by atoms with E-state index >= 15 is 0 Å². The number of aryl methyl sites for hydroxylation is 1. The Labute approximate surface area is 109 Å². The second-order valence-corrected chi connectivity index (χ2v) is 4.76. The number of aliphatic imine (C=N–C) groups is 1. The highest BCUT2D eigenvalue weighted by molar-refractivity contribution is 5.76. The molecule has 0 bridgehead atoms. The van der Waals surface area contributed by atoms with Crippen LogP contribution < -0.4 is 0 Å². The van der Waals surface area contributed by atoms with E-state index in [2.05, 4.69) is 48.3 Å². The Morgan fingerprint density at radius 2 is 2.11 bits per heavy atom. The number of rotatable bonds is 2. The molecule has 18 heavy (non-hydrogen) atoms. The summed E-state index contributed by atoms with van der Waals surface area (Å²) in [6, 6.07) is 8.69. The second kappa shape index (κ2) is 6.39. The van der Waals surface area contributed by atoms with Crippen molar-refractivity contribution in [3.05, 3.63) is 41.5 Å². The molecule has 1 atom stereocenters. The molecule has 2 rings (SSSR count). The van der Waals surface area contributed by atoms with E-state index in [1.807, 2.05) is 0 Å². The van der Waals surface area contributed by atoms with Crippen molar-refractivity contribution in [2.24, 2.45) is 4.99 Å². The normalized spacial score (nSPS) is 20.6. The van der Waals surface area contributed by atoms with E-state index in [-0.39, 0.29) is 6.04 Å². The quantitative estimate of drug-likeness (QED) is 0.769. The molecule has 2 nitrogen and oxygen atoms in total. The Balaban J connectivity index is 2.10. The molecule has 0 amide bonds. The van der Waals surface area contributed by atoms with Crippen LogP contribution in [-0.4, -0.2) is 19.0 Å². The SMILES string of the molecule is COC1=NC(/C=C/c2ccccc2C)CCCC1. The summed E-state index contributed by atoms with van der Waals surface area (Å²) < 4.78 is 5.29. The molecule has 1 aromatic rings. The van der Waals surface area contributed by atoms with Gasteiger partial charge >= 0.3 is 0 Å². The summed E-state index contributed by atoms with van der Waals surface area (Å²) in [5.41, 5.74) is 2.58. The van der Waals surface area contributed by atoms with E-state index in [0.717, 1.165) is 18.7 Å². The van der Waals surface area contributed by atoms with Crippen molar-refractivity contribution in [3.8, 4) is 0 Å². The van der Waals surface area contributed by atoms with Crippen LogP contribution in [0.15, 0.2) is 35.3 Å². The van der Waals surface area contributed by atoms with Crippen molar-refractivity contribution in [2.45, 2.75) is 38.6 Å². The average Bonchev–Trinajstić information content (AvgIpc) is 2.63. The molecular weight excluding hydrogens is 222 g/mol. The largest absolute Gasteiger partial charge is 0.484 e. The van der Waals surface area contributed by atoms with Gasteiger partial charge in [0.25, 0.3) is 0 Å². The molecule has 1 aliphatic heterocycles. The van der Waals surface area contributed by atoms with Crippen molar-refractivity contribution in [2.75, 3.05) is 7.11 Å². The monoisotopic (exact) mass is 243 g/mol. The fourth-order valence-corrected chi connectivity index (χ4v) is 2.23. The number of hydrogen-bond donors (Lipinski definition) is 0. The topological polar surface area (TPSA) is 21.6 Å². The van der Waals surface area contributed by atoms with Crippen LogP contribution in [0, 0.1) is 6.92 Å². The first-order valence-electron chi connectivity index (χ1n) is 6.64. The maximum Gasteiger partial charge on any atom is 0.183 e. The van der Waals surface area contributed by atoms with Gasteiger partial charge in [0.1, 0.15) is 0 Å². The molecule has 1 unspecified atom stereocenters. The Morgan fingerprint density at radius 3 is 2.89 bits per heavy atom. The zero-order chi connectivity index (χ0) is 12.8. The van der Waals surface area contributed by atoms with Gasteiger partial charge in [0, 0.05) is 6.42 Å². The van der Waals surface area contributed by atoms with Gasteiger partial charge in [0.2, 0.25) is 0 Å². The van der Waals surface area contributed by atoms with Crippen LogP contribution in [0.1, 0.15) is 36.8 Å². The van der Waals surface area contributed by atoms with Crippen LogP contribution in [-0.2, 0) is 4.74 Å². The van der Waals surface area contributed by atoms with E-state index in [0.29, 0.717) is 0 Å². The van der Waals surface area contributed by atoms with Gasteiger partial charge in [-0.15, -0.1) is 0 Å². The van der Waals surface area contributed by atoms with Gasteiger partial charge in [-0.1, -0.05) is 42.8 Å². The van der Waals surface area contributed by atoms with E-state index in [4.69, 9.17) is 4.74 Å². The Hall–Kier alpha value is -1.57. The van der Waals surface area contributed by atoms with Gasteiger partial charge in [-0.05, 0) is 30.9 Å². The molecule has 0 saturated carbocycles. The molecule has 0 aromatic heterocycles. The first-order valence-corrected chi connectivity index (χ1v) is 6.64. The molecule has 0 spiro atoms. The minimum atomic E-state index is 0.266. The highest BCUT2D eigenvalue weighted by Crippen LogP contribution is 2.17. The molecular formula is C16H21NO. The molecule has 0 saturated heterocycles. The predicted molar refractivity (Wildman–Crippen MR) is 76.9 cm³/mol. The average molecular weight is 243 g/mol. The summed E-state index contributed by atoms with van der Waals surface area (Å²) in [6.45, 7) is 2.14. The van der Waals surface area contributed by atoms with Crippen molar-refractivity contribution >= 4 is 12.0 Å². The molecule has 96 valence electrons. The number of methoxy groups -OCH3 is 1. The summed E-state index contributed by atoms with van der Waals surface area (Å²) in [6.07, 6.45) is 8.88. The van der Waals surface area contributed by atoms with Crippen LogP contribution >= 0.6 is 0 Å². The number of benzene rings is 1. The van der Waals surface area contributed by atoms with Gasteiger partial charge < -0.3 is 4.74 Å². The fourth-order valence-electron chi connectivity index (χ4n) is 2.23. The van der Waals surface area contributed by atoms with Gasteiger partial charge in [0.15, 0.2) is 5.90 Å². The summed E-state index contributed by atoms with van der Waals surface area (Å²) in [5.74, 6) is 0.895. The Kier molecular flexibility index (Phi) is 4.57. The third kappa shape index (κ3) is 3.46. The van der Waals surface area contributed by atoms with Crippen LogP contribution in [0.25, 0.3) is 6.08 Å². The molecule has 0 aliphatic carbocycles. The van der Waals surface area contributed by atoms with Crippen molar-refractivity contribution < 1.29 is 4.74 Å². The zero-order valence-electron chi connectivity index (χ0n) is 11.2. The van der Waals surface area contributed by atoms with Crippen LogP contribution in [0.4, 0.5) is 0 Å². The van der Waals surface area contributed by atoms with Gasteiger partial charge in [-0.25, -0.2) is 4.99 Å². The minimum absolute atomic E-state index is 0.266. The zero-order valence-corrected chi connectivity index (χ0v) is 11.2. The van der Waals surface area contributed by atoms with Gasteiger partial charge in [-0.3, -0.25) is 0 Å². The number of hydrogen-bond acceptors (Lipinski definition) is 2. The molecule has 0 N–H and O–H groups in total. The van der Waals surface area contributed by atoms with Crippen molar-refractivity contribution in [1.82, 2.24) is 0 Å². The van der Waals surface area contributed by atoms with E-state index in [1.165, 1.54) is 24.0 Å². The molecule has 2 heteroatoms. The lowest BCUT2D eigenvalue weighted by molar-refractivity contribution is 0.387. The van der Waals surface area contributed by atoms with Crippen molar-refractivity contribution in [3.63, 3.8) is 0 Å². The van der Waals surface area contributed by atoms with Crippen LogP contribution in [0.3, 0.4) is 0 Å². The molecule has 1 aromatic carbocycles. The third-order valence-electron chi connectivity index (χ3n) is 3.37. The highest BCUT2D eigenvalue weighted by atomic mass is 16.5. The van der Waals surface area contributed by atoms with E-state index < -0.39 is 0 Å². The first kappa shape index (κ1) is 12.9. The van der Waals surface area contributed by atoms with Crippen LogP contribution in [0.5, 0.6) is 0 Å². The molecule has 0 radical (unpaired) electrons. The third-order valence-corrected chi connectivity index (χ3v) is 3.37. The smallest absolute Gasteiger partial charge is 0.183 e. The predicted octanol–water partition coefficient (Wildman–Crippen LogP) is 4.00. The fraction of sp³-hybridized carbons (Fsp3) is 0.438. The summed E-state index contributed by atoms with van der Waals surface area (Å²) in [4.78, 5) is 4.65. The molecule has 0 fully saturated rings. The first-order chi connectivity index (χ1) is 8.79. The van der Waals surface area contributed by atoms with Crippen LogP contribution in [0.2, 0.25) is 0 Å².